The van der Waals surface area contributed by atoms with E-state index in [4.69, 9.17) is 9.47 Å². The number of para-hydroxylation sites is 1. The lowest BCUT2D eigenvalue weighted by atomic mass is 10.0. The maximum Gasteiger partial charge on any atom is 0.320 e. The first-order valence-corrected chi connectivity index (χ1v) is 10.8. The summed E-state index contributed by atoms with van der Waals surface area (Å²) in [5, 5.41) is 5.67. The number of urea groups is 1. The van der Waals surface area contributed by atoms with Crippen molar-refractivity contribution in [2.45, 2.75) is 18.9 Å². The lowest BCUT2D eigenvalue weighted by molar-refractivity contribution is -0.120. The van der Waals surface area contributed by atoms with Crippen LogP contribution in [0, 0.1) is 0 Å². The molecule has 3 amide bonds. The van der Waals surface area contributed by atoms with Gasteiger partial charge in [0, 0.05) is 24.7 Å². The van der Waals surface area contributed by atoms with Gasteiger partial charge in [0.05, 0.1) is 19.9 Å². The molecule has 0 spiro atoms. The number of nitrogens with zero attached hydrogens (tertiary/aromatic N) is 1. The molecule has 0 saturated heterocycles. The Balaban J connectivity index is 1.54. The molecule has 7 nitrogen and oxygen atoms in total. The molecular weight excluding hydrogens is 418 g/mol. The maximum absolute atomic E-state index is 13.5. The topological polar surface area (TPSA) is 79.9 Å². The van der Waals surface area contributed by atoms with Crippen molar-refractivity contribution in [1.29, 1.82) is 0 Å². The van der Waals surface area contributed by atoms with Crippen molar-refractivity contribution in [3.05, 3.63) is 83.9 Å². The molecule has 0 saturated carbocycles. The van der Waals surface area contributed by atoms with Gasteiger partial charge in [-0.05, 0) is 35.7 Å². The van der Waals surface area contributed by atoms with Gasteiger partial charge in [-0.25, -0.2) is 4.79 Å². The summed E-state index contributed by atoms with van der Waals surface area (Å²) in [6.45, 7) is 0.596. The molecule has 4 rings (SSSR count). The molecule has 1 aliphatic rings. The van der Waals surface area contributed by atoms with E-state index >= 15 is 0 Å². The van der Waals surface area contributed by atoms with Crippen LogP contribution in [0.3, 0.4) is 0 Å². The molecule has 1 unspecified atom stereocenters. The van der Waals surface area contributed by atoms with Crippen LogP contribution in [-0.2, 0) is 17.6 Å². The Morgan fingerprint density at radius 2 is 1.73 bits per heavy atom. The predicted octanol–water partition coefficient (Wildman–Crippen LogP) is 4.03. The number of ether oxygens (including phenoxy) is 2. The molecule has 1 atom stereocenters. The highest BCUT2D eigenvalue weighted by Gasteiger charge is 2.31. The van der Waals surface area contributed by atoms with Crippen LogP contribution in [0.1, 0.15) is 11.1 Å². The average Bonchev–Trinajstić information content (AvgIpc) is 3.28. The SMILES string of the molecule is COc1ccc(NC(=O)NC(Cc2ccccc2)C(=O)N2CCc3ccccc32)c(OC)c1. The zero-order chi connectivity index (χ0) is 23.2. The van der Waals surface area contributed by atoms with E-state index < -0.39 is 12.1 Å². The highest BCUT2D eigenvalue weighted by Crippen LogP contribution is 2.30. The number of anilines is 2. The molecule has 170 valence electrons. The lowest BCUT2D eigenvalue weighted by Gasteiger charge is -2.25. The van der Waals surface area contributed by atoms with Gasteiger partial charge >= 0.3 is 6.03 Å². The Morgan fingerprint density at radius 1 is 0.970 bits per heavy atom. The first-order valence-electron chi connectivity index (χ1n) is 10.8. The summed E-state index contributed by atoms with van der Waals surface area (Å²) in [5.41, 5.74) is 3.48. The van der Waals surface area contributed by atoms with Crippen molar-refractivity contribution in [2.75, 3.05) is 31.0 Å². The Bertz CT molecular complexity index is 1130. The van der Waals surface area contributed by atoms with E-state index in [1.807, 2.05) is 54.6 Å². The summed E-state index contributed by atoms with van der Waals surface area (Å²) in [5.74, 6) is 0.937. The van der Waals surface area contributed by atoms with Crippen molar-refractivity contribution in [2.24, 2.45) is 0 Å². The van der Waals surface area contributed by atoms with Gasteiger partial charge < -0.3 is 25.0 Å². The van der Waals surface area contributed by atoms with E-state index in [0.717, 1.165) is 23.2 Å². The average molecular weight is 446 g/mol. The molecule has 33 heavy (non-hydrogen) atoms. The van der Waals surface area contributed by atoms with Crippen LogP contribution in [0.5, 0.6) is 11.5 Å². The first-order chi connectivity index (χ1) is 16.1. The summed E-state index contributed by atoms with van der Waals surface area (Å²) < 4.78 is 10.6. The van der Waals surface area contributed by atoms with Crippen molar-refractivity contribution in [3.63, 3.8) is 0 Å². The number of rotatable bonds is 7. The van der Waals surface area contributed by atoms with Crippen LogP contribution in [0.4, 0.5) is 16.2 Å². The van der Waals surface area contributed by atoms with Gasteiger partial charge in [-0.15, -0.1) is 0 Å². The Morgan fingerprint density at radius 3 is 2.48 bits per heavy atom. The van der Waals surface area contributed by atoms with Crippen molar-refractivity contribution >= 4 is 23.3 Å². The first kappa shape index (κ1) is 22.2. The molecule has 0 bridgehead atoms. The quantitative estimate of drug-likeness (QED) is 0.576. The molecule has 1 aliphatic heterocycles. The molecule has 3 aromatic rings. The van der Waals surface area contributed by atoms with Gasteiger partial charge in [0.25, 0.3) is 0 Å². The molecule has 3 aromatic carbocycles. The van der Waals surface area contributed by atoms with E-state index in [1.54, 1.807) is 30.2 Å². The zero-order valence-electron chi connectivity index (χ0n) is 18.7. The zero-order valence-corrected chi connectivity index (χ0v) is 18.7. The second-order valence-electron chi connectivity index (χ2n) is 7.78. The van der Waals surface area contributed by atoms with E-state index in [9.17, 15) is 9.59 Å². The number of methoxy groups -OCH3 is 2. The minimum atomic E-state index is -0.734. The molecule has 7 heteroatoms. The Kier molecular flexibility index (Phi) is 6.78. The van der Waals surface area contributed by atoms with Crippen LogP contribution < -0.4 is 25.0 Å². The normalized spacial score (nSPS) is 13.1. The lowest BCUT2D eigenvalue weighted by Crippen LogP contribution is -2.50. The molecule has 0 radical (unpaired) electrons. The van der Waals surface area contributed by atoms with Crippen molar-refractivity contribution in [3.8, 4) is 11.5 Å². The molecular formula is C26H27N3O4. The number of hydrogen-bond donors (Lipinski definition) is 2. The third-order valence-electron chi connectivity index (χ3n) is 5.70. The monoisotopic (exact) mass is 445 g/mol. The minimum Gasteiger partial charge on any atom is -0.497 e. The Labute approximate surface area is 193 Å². The molecule has 1 heterocycles. The van der Waals surface area contributed by atoms with Crippen LogP contribution >= 0.6 is 0 Å². The van der Waals surface area contributed by atoms with Crippen LogP contribution in [0.15, 0.2) is 72.8 Å². The maximum atomic E-state index is 13.5. The van der Waals surface area contributed by atoms with Crippen LogP contribution in [-0.4, -0.2) is 38.7 Å². The Hall–Kier alpha value is -4.00. The third kappa shape index (κ3) is 5.09. The van der Waals surface area contributed by atoms with Gasteiger partial charge in [-0.2, -0.15) is 0 Å². The molecule has 2 N–H and O–H groups in total. The molecule has 0 aromatic heterocycles. The second-order valence-corrected chi connectivity index (χ2v) is 7.78. The van der Waals surface area contributed by atoms with Crippen molar-refractivity contribution < 1.29 is 19.1 Å². The highest BCUT2D eigenvalue weighted by atomic mass is 16.5. The van der Waals surface area contributed by atoms with Gasteiger partial charge in [0.2, 0.25) is 5.91 Å². The fourth-order valence-electron chi connectivity index (χ4n) is 4.02. The summed E-state index contributed by atoms with van der Waals surface area (Å²) in [7, 11) is 3.08. The van der Waals surface area contributed by atoms with Crippen molar-refractivity contribution in [1.82, 2.24) is 5.32 Å². The number of amides is 3. The van der Waals surface area contributed by atoms with E-state index in [-0.39, 0.29) is 5.91 Å². The summed E-state index contributed by atoms with van der Waals surface area (Å²) in [6.07, 6.45) is 1.18. The van der Waals surface area contributed by atoms with Crippen LogP contribution in [0.25, 0.3) is 0 Å². The van der Waals surface area contributed by atoms with Crippen LogP contribution in [0.2, 0.25) is 0 Å². The number of nitrogens with one attached hydrogen (secondary N) is 2. The number of hydrogen-bond acceptors (Lipinski definition) is 4. The highest BCUT2D eigenvalue weighted by molar-refractivity contribution is 6.02. The molecule has 0 fully saturated rings. The smallest absolute Gasteiger partial charge is 0.320 e. The third-order valence-corrected chi connectivity index (χ3v) is 5.70. The second kappa shape index (κ2) is 10.1. The van der Waals surface area contributed by atoms with Gasteiger partial charge in [-0.1, -0.05) is 48.5 Å². The fraction of sp³-hybridized carbons (Fsp3) is 0.231. The molecule has 0 aliphatic carbocycles. The van der Waals surface area contributed by atoms with E-state index in [0.29, 0.717) is 30.2 Å². The summed E-state index contributed by atoms with van der Waals surface area (Å²) >= 11 is 0. The minimum absolute atomic E-state index is 0.138. The standard InChI is InChI=1S/C26H27N3O4/c1-32-20-12-13-21(24(17-20)33-2)27-26(31)28-22(16-18-8-4-3-5-9-18)25(30)29-15-14-19-10-6-7-11-23(19)29/h3-13,17,22H,14-16H2,1-2H3,(H2,27,28,31). The van der Waals surface area contributed by atoms with E-state index in [2.05, 4.69) is 10.6 Å². The van der Waals surface area contributed by atoms with E-state index in [1.165, 1.54) is 7.11 Å². The summed E-state index contributed by atoms with van der Waals surface area (Å²) in [4.78, 5) is 28.2. The number of carbonyl (C=O) groups is 2. The fourth-order valence-corrected chi connectivity index (χ4v) is 4.02. The number of carbonyl (C=O) groups excluding carboxylic acids is 2. The predicted molar refractivity (Wildman–Crippen MR) is 128 cm³/mol. The van der Waals surface area contributed by atoms with Gasteiger partial charge in [-0.3, -0.25) is 4.79 Å². The van der Waals surface area contributed by atoms with Gasteiger partial charge in [0.15, 0.2) is 0 Å². The summed E-state index contributed by atoms with van der Waals surface area (Å²) in [6, 6.07) is 21.4. The largest absolute Gasteiger partial charge is 0.497 e. The van der Waals surface area contributed by atoms with Gasteiger partial charge in [0.1, 0.15) is 17.5 Å². The number of benzene rings is 3. The number of fused-ring (bicyclic) bond motifs is 1.